The molecule has 64 valence electrons. The lowest BCUT2D eigenvalue weighted by atomic mass is 10.1. The molecule has 0 N–H and O–H groups in total. The summed E-state index contributed by atoms with van der Waals surface area (Å²) in [5, 5.41) is 4.11. The first-order chi connectivity index (χ1) is 5.70. The molecule has 0 unspecified atom stereocenters. The predicted octanol–water partition coefficient (Wildman–Crippen LogP) is 0.329. The standard InChI is InChI=1S/C8H11N3O/c1-10-7-5-9-11(2)6(7)3-4-8(10)12/h5H,3-4H2,1-2H3. The summed E-state index contributed by atoms with van der Waals surface area (Å²) >= 11 is 0. The van der Waals surface area contributed by atoms with Gasteiger partial charge < -0.3 is 4.90 Å². The largest absolute Gasteiger partial charge is 0.312 e. The molecule has 0 radical (unpaired) electrons. The van der Waals surface area contributed by atoms with Gasteiger partial charge in [0, 0.05) is 26.9 Å². The van der Waals surface area contributed by atoms with Gasteiger partial charge >= 0.3 is 0 Å². The highest BCUT2D eigenvalue weighted by Crippen LogP contribution is 2.25. The summed E-state index contributed by atoms with van der Waals surface area (Å²) in [4.78, 5) is 12.9. The zero-order valence-corrected chi connectivity index (χ0v) is 7.24. The van der Waals surface area contributed by atoms with Crippen molar-refractivity contribution in [2.75, 3.05) is 11.9 Å². The van der Waals surface area contributed by atoms with Crippen molar-refractivity contribution in [3.05, 3.63) is 11.9 Å². The molecule has 0 aromatic carbocycles. The monoisotopic (exact) mass is 165 g/mol. The van der Waals surface area contributed by atoms with E-state index in [4.69, 9.17) is 0 Å². The van der Waals surface area contributed by atoms with E-state index < -0.39 is 0 Å². The van der Waals surface area contributed by atoms with E-state index in [0.717, 1.165) is 17.8 Å². The topological polar surface area (TPSA) is 38.1 Å². The average molecular weight is 165 g/mol. The van der Waals surface area contributed by atoms with Gasteiger partial charge in [0.15, 0.2) is 0 Å². The molecule has 4 nitrogen and oxygen atoms in total. The first kappa shape index (κ1) is 7.34. The Morgan fingerprint density at radius 3 is 2.92 bits per heavy atom. The maximum absolute atomic E-state index is 11.3. The molecule has 1 aliphatic heterocycles. The van der Waals surface area contributed by atoms with Crippen molar-refractivity contribution < 1.29 is 4.79 Å². The maximum atomic E-state index is 11.3. The van der Waals surface area contributed by atoms with Crippen LogP contribution in [0, 0.1) is 0 Å². The number of hydrogen-bond acceptors (Lipinski definition) is 2. The zero-order valence-electron chi connectivity index (χ0n) is 7.24. The quantitative estimate of drug-likeness (QED) is 0.555. The van der Waals surface area contributed by atoms with Gasteiger partial charge in [0.1, 0.15) is 0 Å². The Labute approximate surface area is 70.8 Å². The molecule has 12 heavy (non-hydrogen) atoms. The first-order valence-electron chi connectivity index (χ1n) is 3.97. The Morgan fingerprint density at radius 1 is 1.42 bits per heavy atom. The molecule has 1 amide bonds. The van der Waals surface area contributed by atoms with Crippen LogP contribution in [-0.4, -0.2) is 22.7 Å². The van der Waals surface area contributed by atoms with Crippen LogP contribution in [0.4, 0.5) is 5.69 Å². The zero-order chi connectivity index (χ0) is 8.72. The van der Waals surface area contributed by atoms with Crippen LogP contribution >= 0.6 is 0 Å². The fourth-order valence-electron chi connectivity index (χ4n) is 1.55. The third-order valence-corrected chi connectivity index (χ3v) is 2.35. The van der Waals surface area contributed by atoms with Gasteiger partial charge in [-0.1, -0.05) is 0 Å². The maximum Gasteiger partial charge on any atom is 0.227 e. The van der Waals surface area contributed by atoms with Gasteiger partial charge in [-0.3, -0.25) is 9.48 Å². The molecule has 0 saturated carbocycles. The van der Waals surface area contributed by atoms with E-state index >= 15 is 0 Å². The van der Waals surface area contributed by atoms with E-state index in [-0.39, 0.29) is 5.91 Å². The van der Waals surface area contributed by atoms with Gasteiger partial charge in [0.2, 0.25) is 5.91 Å². The Hall–Kier alpha value is -1.32. The lowest BCUT2D eigenvalue weighted by Gasteiger charge is -2.22. The van der Waals surface area contributed by atoms with E-state index in [2.05, 4.69) is 5.10 Å². The van der Waals surface area contributed by atoms with Gasteiger partial charge in [0.05, 0.1) is 17.6 Å². The molecular weight excluding hydrogens is 154 g/mol. The van der Waals surface area contributed by atoms with Crippen LogP contribution in [-0.2, 0) is 18.3 Å². The fourth-order valence-corrected chi connectivity index (χ4v) is 1.55. The molecule has 0 saturated heterocycles. The summed E-state index contributed by atoms with van der Waals surface area (Å²) in [5.74, 6) is 0.176. The van der Waals surface area contributed by atoms with Gasteiger partial charge in [-0.15, -0.1) is 0 Å². The highest BCUT2D eigenvalue weighted by Gasteiger charge is 2.23. The summed E-state index contributed by atoms with van der Waals surface area (Å²) < 4.78 is 1.83. The molecule has 2 heterocycles. The fraction of sp³-hybridized carbons (Fsp3) is 0.500. The second-order valence-electron chi connectivity index (χ2n) is 3.05. The lowest BCUT2D eigenvalue weighted by molar-refractivity contribution is -0.118. The van der Waals surface area contributed by atoms with Crippen LogP contribution in [0.25, 0.3) is 0 Å². The number of carbonyl (C=O) groups excluding carboxylic acids is 1. The molecule has 0 bridgehead atoms. The van der Waals surface area contributed by atoms with Gasteiger partial charge in [-0.05, 0) is 0 Å². The van der Waals surface area contributed by atoms with E-state index in [0.29, 0.717) is 6.42 Å². The molecule has 0 fully saturated rings. The minimum Gasteiger partial charge on any atom is -0.312 e. The second-order valence-corrected chi connectivity index (χ2v) is 3.05. The van der Waals surface area contributed by atoms with Crippen molar-refractivity contribution in [2.45, 2.75) is 12.8 Å². The van der Waals surface area contributed by atoms with E-state index in [1.165, 1.54) is 0 Å². The van der Waals surface area contributed by atoms with Crippen molar-refractivity contribution in [1.82, 2.24) is 9.78 Å². The second kappa shape index (κ2) is 2.33. The van der Waals surface area contributed by atoms with E-state index in [1.807, 2.05) is 11.7 Å². The Morgan fingerprint density at radius 2 is 2.17 bits per heavy atom. The summed E-state index contributed by atoms with van der Waals surface area (Å²) in [7, 11) is 3.70. The SMILES string of the molecule is CN1C(=O)CCc2c1cnn2C. The smallest absolute Gasteiger partial charge is 0.227 e. The highest BCUT2D eigenvalue weighted by atomic mass is 16.2. The van der Waals surface area contributed by atoms with E-state index in [9.17, 15) is 4.79 Å². The number of carbonyl (C=O) groups is 1. The van der Waals surface area contributed by atoms with Crippen molar-refractivity contribution in [3.8, 4) is 0 Å². The molecule has 4 heteroatoms. The normalized spacial score (nSPS) is 16.5. The average Bonchev–Trinajstić information content (AvgIpc) is 2.41. The van der Waals surface area contributed by atoms with Crippen LogP contribution in [0.5, 0.6) is 0 Å². The molecule has 1 aromatic heterocycles. The third-order valence-electron chi connectivity index (χ3n) is 2.35. The number of nitrogens with zero attached hydrogens (tertiary/aromatic N) is 3. The van der Waals surface area contributed by atoms with Crippen LogP contribution in [0.2, 0.25) is 0 Å². The summed E-state index contributed by atoms with van der Waals surface area (Å²) in [6.07, 6.45) is 3.16. The van der Waals surface area contributed by atoms with Crippen LogP contribution in [0.3, 0.4) is 0 Å². The van der Waals surface area contributed by atoms with Gasteiger partial charge in [-0.2, -0.15) is 5.10 Å². The molecular formula is C8H11N3O. The predicted molar refractivity (Wildman–Crippen MR) is 44.9 cm³/mol. The first-order valence-corrected chi connectivity index (χ1v) is 3.97. The Bertz CT molecular complexity index is 329. The minimum atomic E-state index is 0.176. The van der Waals surface area contributed by atoms with Crippen LogP contribution < -0.4 is 4.90 Å². The summed E-state index contributed by atoms with van der Waals surface area (Å²) in [6, 6.07) is 0. The minimum absolute atomic E-state index is 0.176. The molecule has 0 spiro atoms. The molecule has 1 aromatic rings. The van der Waals surface area contributed by atoms with Crippen molar-refractivity contribution in [2.24, 2.45) is 7.05 Å². The molecule has 0 aliphatic carbocycles. The Balaban J connectivity index is 2.50. The molecule has 0 atom stereocenters. The lowest BCUT2D eigenvalue weighted by Crippen LogP contribution is -2.31. The molecule has 1 aliphatic rings. The van der Waals surface area contributed by atoms with Gasteiger partial charge in [-0.25, -0.2) is 0 Å². The molecule has 2 rings (SSSR count). The van der Waals surface area contributed by atoms with Crippen molar-refractivity contribution in [3.63, 3.8) is 0 Å². The van der Waals surface area contributed by atoms with Gasteiger partial charge in [0.25, 0.3) is 0 Å². The Kier molecular flexibility index (Phi) is 1.43. The number of aromatic nitrogens is 2. The number of aryl methyl sites for hydroxylation is 1. The number of hydrogen-bond donors (Lipinski definition) is 0. The highest BCUT2D eigenvalue weighted by molar-refractivity contribution is 5.95. The number of anilines is 1. The van der Waals surface area contributed by atoms with Crippen LogP contribution in [0.1, 0.15) is 12.1 Å². The summed E-state index contributed by atoms with van der Waals surface area (Å²) in [5.41, 5.74) is 2.10. The third kappa shape index (κ3) is 0.841. The van der Waals surface area contributed by atoms with Crippen molar-refractivity contribution >= 4 is 11.6 Å². The number of amides is 1. The van der Waals surface area contributed by atoms with Crippen LogP contribution in [0.15, 0.2) is 6.20 Å². The number of rotatable bonds is 0. The summed E-state index contributed by atoms with van der Waals surface area (Å²) in [6.45, 7) is 0. The number of fused-ring (bicyclic) bond motifs is 1. The van der Waals surface area contributed by atoms with E-state index in [1.54, 1.807) is 18.1 Å². The van der Waals surface area contributed by atoms with Crippen molar-refractivity contribution in [1.29, 1.82) is 0 Å².